The summed E-state index contributed by atoms with van der Waals surface area (Å²) < 4.78 is 0.753. The lowest BCUT2D eigenvalue weighted by Gasteiger charge is -2.26. The smallest absolute Gasteiger partial charge is 0.254 e. The zero-order valence-corrected chi connectivity index (χ0v) is 13.7. The molecule has 1 saturated heterocycles. The third-order valence-electron chi connectivity index (χ3n) is 3.35. The van der Waals surface area contributed by atoms with Gasteiger partial charge in [-0.2, -0.15) is 0 Å². The Morgan fingerprint density at radius 2 is 2.05 bits per heavy atom. The number of benzene rings is 1. The molecule has 0 saturated carbocycles. The molecule has 2 rings (SSSR count). The number of hydrogen-bond acceptors (Lipinski definition) is 2. The molecule has 2 amide bonds. The molecule has 1 aromatic carbocycles. The minimum atomic E-state index is -0.366. The lowest BCUT2D eigenvalue weighted by atomic mass is 10.1. The summed E-state index contributed by atoms with van der Waals surface area (Å²) >= 11 is 9.30. The average molecular weight is 360 g/mol. The second-order valence-corrected chi connectivity index (χ2v) is 6.40. The Labute approximate surface area is 131 Å². The Morgan fingerprint density at radius 1 is 1.35 bits per heavy atom. The number of carbonyl (C=O) groups excluding carboxylic acids is 2. The topological polar surface area (TPSA) is 40.6 Å². The Kier molecular flexibility index (Phi) is 4.70. The lowest BCUT2D eigenvalue weighted by Crippen LogP contribution is -2.45. The summed E-state index contributed by atoms with van der Waals surface area (Å²) in [5.41, 5.74) is 0.503. The standard InChI is InChI=1S/C14H16BrClN2O2/c1-17(2)14(20)12-4-3-5-18(12)13(19)9-6-10(15)8-11(16)7-9/h6-8,12H,3-5H2,1-2H3. The van der Waals surface area contributed by atoms with Gasteiger partial charge in [-0.15, -0.1) is 0 Å². The van der Waals surface area contributed by atoms with Crippen molar-refractivity contribution in [3.8, 4) is 0 Å². The van der Waals surface area contributed by atoms with E-state index >= 15 is 0 Å². The summed E-state index contributed by atoms with van der Waals surface area (Å²) in [4.78, 5) is 27.9. The van der Waals surface area contributed by atoms with Gasteiger partial charge < -0.3 is 9.80 Å². The van der Waals surface area contributed by atoms with E-state index in [1.54, 1.807) is 37.2 Å². The predicted molar refractivity (Wildman–Crippen MR) is 81.9 cm³/mol. The fourth-order valence-corrected chi connectivity index (χ4v) is 3.27. The van der Waals surface area contributed by atoms with Crippen LogP contribution in [0.4, 0.5) is 0 Å². The molecule has 0 aliphatic carbocycles. The number of hydrogen-bond donors (Lipinski definition) is 0. The fraction of sp³-hybridized carbons (Fsp3) is 0.429. The van der Waals surface area contributed by atoms with Crippen LogP contribution in [0.2, 0.25) is 5.02 Å². The minimum absolute atomic E-state index is 0.0306. The van der Waals surface area contributed by atoms with E-state index in [1.807, 2.05) is 0 Å². The normalized spacial score (nSPS) is 18.2. The molecule has 1 aromatic rings. The second-order valence-electron chi connectivity index (χ2n) is 5.05. The molecule has 1 aliphatic rings. The molecule has 0 bridgehead atoms. The van der Waals surface area contributed by atoms with Crippen LogP contribution >= 0.6 is 27.5 Å². The van der Waals surface area contributed by atoms with Gasteiger partial charge in [0.1, 0.15) is 6.04 Å². The van der Waals surface area contributed by atoms with E-state index in [2.05, 4.69) is 15.9 Å². The molecule has 108 valence electrons. The van der Waals surface area contributed by atoms with Crippen molar-refractivity contribution in [3.05, 3.63) is 33.3 Å². The number of nitrogens with zero attached hydrogens (tertiary/aromatic N) is 2. The number of likely N-dealkylation sites (tertiary alicyclic amines) is 1. The second kappa shape index (κ2) is 6.14. The van der Waals surface area contributed by atoms with Crippen LogP contribution in [0.5, 0.6) is 0 Å². The van der Waals surface area contributed by atoms with Crippen molar-refractivity contribution in [3.63, 3.8) is 0 Å². The molecule has 0 radical (unpaired) electrons. The molecular formula is C14H16BrClN2O2. The summed E-state index contributed by atoms with van der Waals surface area (Å²) in [6, 6.07) is 4.72. The van der Waals surface area contributed by atoms with Crippen LogP contribution in [0.15, 0.2) is 22.7 Å². The van der Waals surface area contributed by atoms with Gasteiger partial charge in [-0.3, -0.25) is 9.59 Å². The highest BCUT2D eigenvalue weighted by molar-refractivity contribution is 9.10. The van der Waals surface area contributed by atoms with Crippen LogP contribution in [0.1, 0.15) is 23.2 Å². The molecule has 1 atom stereocenters. The van der Waals surface area contributed by atoms with Gasteiger partial charge in [0.2, 0.25) is 5.91 Å². The summed E-state index contributed by atoms with van der Waals surface area (Å²) in [7, 11) is 3.42. The van der Waals surface area contributed by atoms with E-state index in [0.717, 1.165) is 10.9 Å². The predicted octanol–water partition coefficient (Wildman–Crippen LogP) is 2.80. The molecule has 0 spiro atoms. The van der Waals surface area contributed by atoms with Gasteiger partial charge in [0.15, 0.2) is 0 Å². The van der Waals surface area contributed by atoms with Gasteiger partial charge in [-0.05, 0) is 31.0 Å². The number of likely N-dealkylation sites (N-methyl/N-ethyl adjacent to an activating group) is 1. The summed E-state index contributed by atoms with van der Waals surface area (Å²) in [6.45, 7) is 0.604. The number of carbonyl (C=O) groups is 2. The molecule has 1 heterocycles. The van der Waals surface area contributed by atoms with Crippen molar-refractivity contribution in [2.45, 2.75) is 18.9 Å². The highest BCUT2D eigenvalue weighted by atomic mass is 79.9. The quantitative estimate of drug-likeness (QED) is 0.815. The van der Waals surface area contributed by atoms with Crippen molar-refractivity contribution >= 4 is 39.3 Å². The summed E-state index contributed by atoms with van der Waals surface area (Å²) in [6.07, 6.45) is 1.56. The maximum atomic E-state index is 12.6. The Balaban J connectivity index is 2.25. The maximum absolute atomic E-state index is 12.6. The molecule has 20 heavy (non-hydrogen) atoms. The number of amides is 2. The minimum Gasteiger partial charge on any atom is -0.347 e. The fourth-order valence-electron chi connectivity index (χ4n) is 2.41. The Morgan fingerprint density at radius 3 is 2.65 bits per heavy atom. The highest BCUT2D eigenvalue weighted by Crippen LogP contribution is 2.25. The third-order valence-corrected chi connectivity index (χ3v) is 4.03. The van der Waals surface area contributed by atoms with Crippen LogP contribution in [-0.4, -0.2) is 48.3 Å². The Bertz CT molecular complexity index is 528. The van der Waals surface area contributed by atoms with E-state index < -0.39 is 0 Å². The van der Waals surface area contributed by atoms with Gasteiger partial charge >= 0.3 is 0 Å². The molecule has 1 unspecified atom stereocenters. The van der Waals surface area contributed by atoms with Crippen LogP contribution in [0.3, 0.4) is 0 Å². The molecule has 0 aromatic heterocycles. The first-order chi connectivity index (χ1) is 9.40. The largest absolute Gasteiger partial charge is 0.347 e. The molecule has 6 heteroatoms. The molecule has 1 aliphatic heterocycles. The van der Waals surface area contributed by atoms with Crippen molar-refractivity contribution in [2.75, 3.05) is 20.6 Å². The van der Waals surface area contributed by atoms with Crippen molar-refractivity contribution in [1.82, 2.24) is 9.80 Å². The first-order valence-electron chi connectivity index (χ1n) is 6.38. The van der Waals surface area contributed by atoms with Crippen LogP contribution in [0.25, 0.3) is 0 Å². The molecule has 1 fully saturated rings. The van der Waals surface area contributed by atoms with E-state index in [4.69, 9.17) is 11.6 Å². The van der Waals surface area contributed by atoms with Gasteiger partial charge in [0.25, 0.3) is 5.91 Å². The van der Waals surface area contributed by atoms with E-state index in [-0.39, 0.29) is 17.9 Å². The number of rotatable bonds is 2. The SMILES string of the molecule is CN(C)C(=O)C1CCCN1C(=O)c1cc(Cl)cc(Br)c1. The van der Waals surface area contributed by atoms with Gasteiger partial charge in [-0.25, -0.2) is 0 Å². The maximum Gasteiger partial charge on any atom is 0.254 e. The van der Waals surface area contributed by atoms with Gasteiger partial charge in [0, 0.05) is 35.7 Å². The molecule has 4 nitrogen and oxygen atoms in total. The molecule has 0 N–H and O–H groups in total. The Hall–Kier alpha value is -1.07. The van der Waals surface area contributed by atoms with Crippen molar-refractivity contribution in [2.24, 2.45) is 0 Å². The van der Waals surface area contributed by atoms with E-state index in [0.29, 0.717) is 23.6 Å². The third kappa shape index (κ3) is 3.15. The van der Waals surface area contributed by atoms with Gasteiger partial charge in [-0.1, -0.05) is 27.5 Å². The monoisotopic (exact) mass is 358 g/mol. The highest BCUT2D eigenvalue weighted by Gasteiger charge is 2.35. The van der Waals surface area contributed by atoms with E-state index in [1.165, 1.54) is 4.90 Å². The van der Waals surface area contributed by atoms with Crippen LogP contribution in [0, 0.1) is 0 Å². The summed E-state index contributed by atoms with van der Waals surface area (Å²) in [5.74, 6) is -0.178. The number of halogens is 2. The first kappa shape index (κ1) is 15.3. The lowest BCUT2D eigenvalue weighted by molar-refractivity contribution is -0.132. The van der Waals surface area contributed by atoms with Crippen LogP contribution < -0.4 is 0 Å². The van der Waals surface area contributed by atoms with Crippen molar-refractivity contribution in [1.29, 1.82) is 0 Å². The zero-order valence-electron chi connectivity index (χ0n) is 11.4. The average Bonchev–Trinajstić information content (AvgIpc) is 2.84. The molecular weight excluding hydrogens is 344 g/mol. The summed E-state index contributed by atoms with van der Waals surface area (Å²) in [5, 5.41) is 0.498. The zero-order chi connectivity index (χ0) is 14.9. The van der Waals surface area contributed by atoms with E-state index in [9.17, 15) is 9.59 Å². The van der Waals surface area contributed by atoms with Gasteiger partial charge in [0.05, 0.1) is 0 Å². The van der Waals surface area contributed by atoms with Crippen LogP contribution in [-0.2, 0) is 4.79 Å². The van der Waals surface area contributed by atoms with Crippen molar-refractivity contribution < 1.29 is 9.59 Å². The first-order valence-corrected chi connectivity index (χ1v) is 7.55.